The second-order valence-corrected chi connectivity index (χ2v) is 6.51. The van der Waals surface area contributed by atoms with E-state index >= 15 is 0 Å². The smallest absolute Gasteiger partial charge is 0.137 e. The molecule has 1 rings (SSSR count). The highest BCUT2D eigenvalue weighted by atomic mass is 35.5. The van der Waals surface area contributed by atoms with Crippen LogP contribution in [0.1, 0.15) is 26.3 Å². The SMILES string of the molecule is CC(=O)C(C)(C)C(Cl)/C=C(/Cl)c1ccc(Cl)c(Cl)c1. The van der Waals surface area contributed by atoms with Crippen molar-refractivity contribution in [3.8, 4) is 0 Å². The molecule has 0 fully saturated rings. The molecule has 0 spiro atoms. The molecule has 1 unspecified atom stereocenters. The monoisotopic (exact) mass is 338 g/mol. The highest BCUT2D eigenvalue weighted by molar-refractivity contribution is 6.50. The average molecular weight is 340 g/mol. The van der Waals surface area contributed by atoms with E-state index in [1.807, 2.05) is 0 Å². The maximum absolute atomic E-state index is 11.5. The quantitative estimate of drug-likeness (QED) is 0.634. The van der Waals surface area contributed by atoms with Gasteiger partial charge in [0.1, 0.15) is 5.78 Å². The van der Waals surface area contributed by atoms with Crippen LogP contribution in [0.3, 0.4) is 0 Å². The maximum atomic E-state index is 11.5. The van der Waals surface area contributed by atoms with E-state index in [2.05, 4.69) is 0 Å². The molecular weight excluding hydrogens is 326 g/mol. The molecule has 1 atom stereocenters. The first kappa shape index (κ1) is 16.8. The second kappa shape index (κ2) is 6.49. The van der Waals surface area contributed by atoms with Crippen LogP contribution in [0.25, 0.3) is 5.03 Å². The molecule has 19 heavy (non-hydrogen) atoms. The second-order valence-electron chi connectivity index (χ2n) is 4.82. The fourth-order valence-electron chi connectivity index (χ4n) is 1.27. The fourth-order valence-corrected chi connectivity index (χ4v) is 2.16. The summed E-state index contributed by atoms with van der Waals surface area (Å²) in [5.41, 5.74) is 0.0267. The highest BCUT2D eigenvalue weighted by Gasteiger charge is 2.31. The summed E-state index contributed by atoms with van der Waals surface area (Å²) in [5.74, 6) is 0.00218. The van der Waals surface area contributed by atoms with Gasteiger partial charge in [0, 0.05) is 10.4 Å². The number of benzene rings is 1. The van der Waals surface area contributed by atoms with Crippen molar-refractivity contribution < 1.29 is 4.79 Å². The number of hydrogen-bond acceptors (Lipinski definition) is 1. The Kier molecular flexibility index (Phi) is 5.76. The third-order valence-corrected chi connectivity index (χ3v) is 4.84. The van der Waals surface area contributed by atoms with Gasteiger partial charge in [-0.25, -0.2) is 0 Å². The summed E-state index contributed by atoms with van der Waals surface area (Å²) >= 11 is 24.2. The number of carbonyl (C=O) groups excluding carboxylic acids is 1. The number of Topliss-reactive ketones (excluding diaryl/α,β-unsaturated/α-hetero) is 1. The molecule has 0 saturated carbocycles. The molecule has 0 N–H and O–H groups in total. The van der Waals surface area contributed by atoms with Gasteiger partial charge in [0.15, 0.2) is 0 Å². The number of rotatable bonds is 4. The molecule has 0 aromatic heterocycles. The Labute approximate surface area is 133 Å². The highest BCUT2D eigenvalue weighted by Crippen LogP contribution is 2.33. The molecule has 0 bridgehead atoms. The molecule has 0 radical (unpaired) electrons. The van der Waals surface area contributed by atoms with Crippen molar-refractivity contribution in [1.82, 2.24) is 0 Å². The largest absolute Gasteiger partial charge is 0.299 e. The zero-order chi connectivity index (χ0) is 14.8. The standard InChI is InChI=1S/C14H14Cl4O/c1-8(19)14(2,3)13(18)7-11(16)9-4-5-10(15)12(17)6-9/h4-7,13H,1-3H3/b11-7+. The molecule has 1 aromatic carbocycles. The Balaban J connectivity index is 3.05. The predicted octanol–water partition coefficient (Wildman–Crippen LogP) is 5.80. The maximum Gasteiger partial charge on any atom is 0.137 e. The molecule has 1 aromatic rings. The normalized spacial score (nSPS) is 14.4. The van der Waals surface area contributed by atoms with Crippen LogP contribution in [0, 0.1) is 5.41 Å². The van der Waals surface area contributed by atoms with Crippen molar-refractivity contribution >= 4 is 57.2 Å². The van der Waals surface area contributed by atoms with E-state index in [4.69, 9.17) is 46.4 Å². The van der Waals surface area contributed by atoms with Crippen LogP contribution in [-0.2, 0) is 4.79 Å². The van der Waals surface area contributed by atoms with E-state index in [9.17, 15) is 4.79 Å². The lowest BCUT2D eigenvalue weighted by molar-refractivity contribution is -0.124. The van der Waals surface area contributed by atoms with Crippen molar-refractivity contribution in [1.29, 1.82) is 0 Å². The minimum Gasteiger partial charge on any atom is -0.299 e. The first-order chi connectivity index (χ1) is 8.66. The third-order valence-electron chi connectivity index (χ3n) is 3.08. The van der Waals surface area contributed by atoms with Crippen molar-refractivity contribution in [3.05, 3.63) is 39.9 Å². The zero-order valence-corrected chi connectivity index (χ0v) is 13.8. The summed E-state index contributed by atoms with van der Waals surface area (Å²) in [6.45, 7) is 5.07. The van der Waals surface area contributed by atoms with E-state index in [0.717, 1.165) is 0 Å². The Morgan fingerprint density at radius 2 is 1.84 bits per heavy atom. The van der Waals surface area contributed by atoms with Gasteiger partial charge in [-0.3, -0.25) is 4.79 Å². The van der Waals surface area contributed by atoms with Gasteiger partial charge in [-0.2, -0.15) is 0 Å². The van der Waals surface area contributed by atoms with Gasteiger partial charge in [0.25, 0.3) is 0 Å². The Bertz CT molecular complexity index is 520. The lowest BCUT2D eigenvalue weighted by Gasteiger charge is -2.25. The average Bonchev–Trinajstić information content (AvgIpc) is 2.32. The first-order valence-corrected chi connectivity index (χ1v) is 7.21. The summed E-state index contributed by atoms with van der Waals surface area (Å²) in [6, 6.07) is 5.07. The summed E-state index contributed by atoms with van der Waals surface area (Å²) in [6.07, 6.45) is 1.64. The minimum absolute atomic E-state index is 0.00218. The molecule has 0 aliphatic carbocycles. The number of carbonyl (C=O) groups is 1. The predicted molar refractivity (Wildman–Crippen MR) is 84.4 cm³/mol. The molecule has 0 aliphatic heterocycles. The number of halogens is 4. The van der Waals surface area contributed by atoms with Gasteiger partial charge in [0.05, 0.1) is 15.4 Å². The van der Waals surface area contributed by atoms with Crippen molar-refractivity contribution in [2.24, 2.45) is 5.41 Å². The first-order valence-electron chi connectivity index (χ1n) is 5.64. The van der Waals surface area contributed by atoms with Crippen LogP contribution in [0.15, 0.2) is 24.3 Å². The van der Waals surface area contributed by atoms with Gasteiger partial charge in [-0.05, 0) is 30.7 Å². The summed E-state index contributed by atoms with van der Waals surface area (Å²) in [7, 11) is 0. The van der Waals surface area contributed by atoms with E-state index in [-0.39, 0.29) is 5.78 Å². The molecule has 104 valence electrons. The fraction of sp³-hybridized carbons (Fsp3) is 0.357. The van der Waals surface area contributed by atoms with Crippen molar-refractivity contribution in [2.45, 2.75) is 26.1 Å². The van der Waals surface area contributed by atoms with Gasteiger partial charge in [-0.15, -0.1) is 11.6 Å². The summed E-state index contributed by atoms with van der Waals surface area (Å²) < 4.78 is 0. The van der Waals surface area contributed by atoms with E-state index in [1.54, 1.807) is 38.1 Å². The number of hydrogen-bond donors (Lipinski definition) is 0. The van der Waals surface area contributed by atoms with Crippen LogP contribution in [0.5, 0.6) is 0 Å². The van der Waals surface area contributed by atoms with Gasteiger partial charge < -0.3 is 0 Å². The number of allylic oxidation sites excluding steroid dienone is 1. The molecule has 5 heteroatoms. The Morgan fingerprint density at radius 1 is 1.26 bits per heavy atom. The van der Waals surface area contributed by atoms with Crippen molar-refractivity contribution in [3.63, 3.8) is 0 Å². The lowest BCUT2D eigenvalue weighted by Crippen LogP contribution is -2.30. The van der Waals surface area contributed by atoms with Gasteiger partial charge in [-0.1, -0.05) is 54.7 Å². The van der Waals surface area contributed by atoms with E-state index < -0.39 is 10.8 Å². The van der Waals surface area contributed by atoms with Crippen molar-refractivity contribution in [2.75, 3.05) is 0 Å². The number of alkyl halides is 1. The van der Waals surface area contributed by atoms with E-state index in [1.165, 1.54) is 6.92 Å². The van der Waals surface area contributed by atoms with Crippen LogP contribution in [-0.4, -0.2) is 11.2 Å². The zero-order valence-electron chi connectivity index (χ0n) is 10.8. The van der Waals surface area contributed by atoms with Crippen LogP contribution >= 0.6 is 46.4 Å². The summed E-state index contributed by atoms with van der Waals surface area (Å²) in [4.78, 5) is 11.5. The molecule has 0 saturated heterocycles. The Hall–Kier alpha value is -0.210. The molecular formula is C14H14Cl4O. The lowest BCUT2D eigenvalue weighted by atomic mass is 9.84. The Morgan fingerprint density at radius 3 is 2.32 bits per heavy atom. The van der Waals surface area contributed by atoms with Gasteiger partial charge in [0.2, 0.25) is 0 Å². The number of ketones is 1. The topological polar surface area (TPSA) is 17.1 Å². The third kappa shape index (κ3) is 4.13. The minimum atomic E-state index is -0.683. The van der Waals surface area contributed by atoms with E-state index in [0.29, 0.717) is 20.6 Å². The molecule has 0 amide bonds. The molecule has 0 heterocycles. The van der Waals surface area contributed by atoms with Crippen LogP contribution in [0.2, 0.25) is 10.0 Å². The van der Waals surface area contributed by atoms with Crippen LogP contribution in [0.4, 0.5) is 0 Å². The molecule has 0 aliphatic rings. The summed E-state index contributed by atoms with van der Waals surface area (Å²) in [5, 5.41) is 0.809. The van der Waals surface area contributed by atoms with Gasteiger partial charge >= 0.3 is 0 Å². The van der Waals surface area contributed by atoms with Crippen LogP contribution < -0.4 is 0 Å². The molecule has 1 nitrogen and oxygen atoms in total.